The first-order valence-electron chi connectivity index (χ1n) is 9.31. The topological polar surface area (TPSA) is 41.9 Å². The van der Waals surface area contributed by atoms with Crippen LogP contribution in [0.25, 0.3) is 10.8 Å². The molecule has 2 aromatic carbocycles. The molecule has 4 rings (SSSR count). The molecule has 2 heterocycles. The van der Waals surface area contributed by atoms with Crippen LogP contribution in [0, 0.1) is 0 Å². The van der Waals surface area contributed by atoms with Crippen LogP contribution in [0.2, 0.25) is 0 Å². The van der Waals surface area contributed by atoms with Gasteiger partial charge in [-0.05, 0) is 42.5 Å². The summed E-state index contributed by atoms with van der Waals surface area (Å²) in [6.45, 7) is 3.55. The second-order valence-electron chi connectivity index (χ2n) is 7.31. The quantitative estimate of drug-likeness (QED) is 0.930. The van der Waals surface area contributed by atoms with Crippen molar-refractivity contribution in [3.63, 3.8) is 0 Å². The van der Waals surface area contributed by atoms with Gasteiger partial charge in [0, 0.05) is 31.8 Å². The predicted octanol–water partition coefficient (Wildman–Crippen LogP) is 3.35. The Kier molecular flexibility index (Phi) is 4.67. The molecule has 2 saturated heterocycles. The third-order valence-corrected chi connectivity index (χ3v) is 5.92. The molecule has 1 spiro atoms. The summed E-state index contributed by atoms with van der Waals surface area (Å²) in [4.78, 5) is 2.46. The molecule has 0 saturated carbocycles. The first-order chi connectivity index (χ1) is 12.2. The van der Waals surface area contributed by atoms with Crippen molar-refractivity contribution in [2.24, 2.45) is 0 Å². The molecule has 4 nitrogen and oxygen atoms in total. The van der Waals surface area contributed by atoms with Crippen LogP contribution in [0.3, 0.4) is 0 Å². The number of methoxy groups -OCH3 is 1. The van der Waals surface area contributed by atoms with Gasteiger partial charge >= 0.3 is 0 Å². The van der Waals surface area contributed by atoms with E-state index in [1.807, 2.05) is 0 Å². The molecule has 2 aliphatic rings. The molecule has 1 unspecified atom stereocenters. The highest BCUT2D eigenvalue weighted by molar-refractivity contribution is 5.87. The molecule has 0 aromatic heterocycles. The Hall–Kier alpha value is -1.62. The van der Waals surface area contributed by atoms with Gasteiger partial charge in [-0.1, -0.05) is 30.3 Å². The summed E-state index contributed by atoms with van der Waals surface area (Å²) in [7, 11) is 1.74. The van der Waals surface area contributed by atoms with Crippen molar-refractivity contribution in [2.45, 2.75) is 43.9 Å². The first kappa shape index (κ1) is 16.8. The van der Waals surface area contributed by atoms with Gasteiger partial charge in [-0.15, -0.1) is 0 Å². The number of nitrogens with zero attached hydrogens (tertiary/aromatic N) is 1. The van der Waals surface area contributed by atoms with Gasteiger partial charge in [0.05, 0.1) is 18.8 Å². The normalized spacial score (nSPS) is 23.8. The first-order valence-corrected chi connectivity index (χ1v) is 9.31. The van der Waals surface area contributed by atoms with Gasteiger partial charge in [-0.25, -0.2) is 0 Å². The number of aliphatic hydroxyl groups excluding tert-OH is 1. The van der Waals surface area contributed by atoms with E-state index in [1.54, 1.807) is 7.11 Å². The lowest BCUT2D eigenvalue weighted by atomic mass is 9.82. The largest absolute Gasteiger partial charge is 0.496 e. The minimum absolute atomic E-state index is 0.308. The number of rotatable bonds is 3. The highest BCUT2D eigenvalue weighted by Gasteiger charge is 2.43. The van der Waals surface area contributed by atoms with Gasteiger partial charge in [0.2, 0.25) is 0 Å². The van der Waals surface area contributed by atoms with Gasteiger partial charge in [0.25, 0.3) is 0 Å². The third-order valence-electron chi connectivity index (χ3n) is 5.92. The number of hydrogen-bond acceptors (Lipinski definition) is 4. The van der Waals surface area contributed by atoms with Crippen molar-refractivity contribution in [1.82, 2.24) is 4.90 Å². The lowest BCUT2D eigenvalue weighted by Crippen LogP contribution is -2.55. The van der Waals surface area contributed by atoms with Gasteiger partial charge in [0.15, 0.2) is 0 Å². The molecule has 0 bridgehead atoms. The molecule has 25 heavy (non-hydrogen) atoms. The molecule has 0 aliphatic carbocycles. The Morgan fingerprint density at radius 1 is 1.20 bits per heavy atom. The minimum atomic E-state index is -0.310. The predicted molar refractivity (Wildman–Crippen MR) is 98.9 cm³/mol. The smallest absolute Gasteiger partial charge is 0.123 e. The maximum absolute atomic E-state index is 10.4. The molecular weight excluding hydrogens is 314 g/mol. The summed E-state index contributed by atoms with van der Waals surface area (Å²) in [6, 6.07) is 12.7. The van der Waals surface area contributed by atoms with Crippen LogP contribution >= 0.6 is 0 Å². The molecule has 2 fully saturated rings. The van der Waals surface area contributed by atoms with E-state index in [2.05, 4.69) is 41.3 Å². The molecule has 134 valence electrons. The lowest BCUT2D eigenvalue weighted by molar-refractivity contribution is -0.177. The van der Waals surface area contributed by atoms with E-state index in [0.717, 1.165) is 57.7 Å². The maximum atomic E-state index is 10.4. The Morgan fingerprint density at radius 2 is 2.00 bits per heavy atom. The zero-order chi connectivity index (χ0) is 17.3. The summed E-state index contributed by atoms with van der Waals surface area (Å²) in [5, 5.41) is 12.9. The van der Waals surface area contributed by atoms with Gasteiger partial charge < -0.3 is 14.6 Å². The van der Waals surface area contributed by atoms with Crippen molar-refractivity contribution >= 4 is 10.8 Å². The van der Waals surface area contributed by atoms with E-state index < -0.39 is 0 Å². The minimum Gasteiger partial charge on any atom is -0.496 e. The zero-order valence-electron chi connectivity index (χ0n) is 14.9. The Labute approximate surface area is 149 Å². The Balaban J connectivity index is 1.53. The maximum Gasteiger partial charge on any atom is 0.123 e. The van der Waals surface area contributed by atoms with Crippen molar-refractivity contribution in [1.29, 1.82) is 0 Å². The summed E-state index contributed by atoms with van der Waals surface area (Å²) in [5.41, 5.74) is 0.944. The molecular formula is C21H27NO3. The Morgan fingerprint density at radius 3 is 2.76 bits per heavy atom. The average molecular weight is 341 g/mol. The van der Waals surface area contributed by atoms with Crippen molar-refractivity contribution in [3.8, 4) is 5.75 Å². The third kappa shape index (κ3) is 3.14. The number of fused-ring (bicyclic) bond motifs is 1. The van der Waals surface area contributed by atoms with Crippen molar-refractivity contribution < 1.29 is 14.6 Å². The number of benzene rings is 2. The molecule has 2 aliphatic heterocycles. The standard InChI is InChI=1S/C21H27NO3/c1-24-19-9-8-16-5-2-3-6-17(16)18(19)15-22-12-10-21(11-13-22)20(23)7-4-14-25-21/h2-3,5-6,8-9,20,23H,4,7,10-15H2,1H3. The highest BCUT2D eigenvalue weighted by atomic mass is 16.5. The summed E-state index contributed by atoms with van der Waals surface area (Å²) in [6.07, 6.45) is 3.34. The van der Waals surface area contributed by atoms with Gasteiger partial charge in [-0.2, -0.15) is 0 Å². The fourth-order valence-electron chi connectivity index (χ4n) is 4.37. The average Bonchev–Trinajstić information content (AvgIpc) is 2.66. The van der Waals surface area contributed by atoms with Crippen LogP contribution in [-0.4, -0.2) is 48.5 Å². The van der Waals surface area contributed by atoms with Gasteiger partial charge in [0.1, 0.15) is 5.75 Å². The second-order valence-corrected chi connectivity index (χ2v) is 7.31. The van der Waals surface area contributed by atoms with E-state index in [-0.39, 0.29) is 11.7 Å². The van der Waals surface area contributed by atoms with E-state index in [4.69, 9.17) is 9.47 Å². The summed E-state index contributed by atoms with van der Waals surface area (Å²) < 4.78 is 11.7. The number of piperidine rings is 1. The number of hydrogen-bond donors (Lipinski definition) is 1. The van der Waals surface area contributed by atoms with E-state index in [1.165, 1.54) is 16.3 Å². The number of likely N-dealkylation sites (tertiary alicyclic amines) is 1. The molecule has 0 radical (unpaired) electrons. The number of aliphatic hydroxyl groups is 1. The SMILES string of the molecule is COc1ccc2ccccc2c1CN1CCC2(CC1)OCCCC2O. The van der Waals surface area contributed by atoms with Crippen LogP contribution in [0.5, 0.6) is 5.75 Å². The van der Waals surface area contributed by atoms with E-state index in [9.17, 15) is 5.11 Å². The molecule has 4 heteroatoms. The fourth-order valence-corrected chi connectivity index (χ4v) is 4.37. The summed E-state index contributed by atoms with van der Waals surface area (Å²) in [5.74, 6) is 0.952. The highest BCUT2D eigenvalue weighted by Crippen LogP contribution is 2.37. The Bertz CT molecular complexity index is 737. The zero-order valence-corrected chi connectivity index (χ0v) is 14.9. The van der Waals surface area contributed by atoms with Crippen LogP contribution < -0.4 is 4.74 Å². The lowest BCUT2D eigenvalue weighted by Gasteiger charge is -2.46. The fraction of sp³-hybridized carbons (Fsp3) is 0.524. The monoisotopic (exact) mass is 341 g/mol. The van der Waals surface area contributed by atoms with Crippen LogP contribution in [0.15, 0.2) is 36.4 Å². The van der Waals surface area contributed by atoms with Crippen LogP contribution in [0.1, 0.15) is 31.2 Å². The van der Waals surface area contributed by atoms with E-state index >= 15 is 0 Å². The van der Waals surface area contributed by atoms with Crippen molar-refractivity contribution in [3.05, 3.63) is 42.0 Å². The second kappa shape index (κ2) is 6.94. The molecule has 2 aromatic rings. The van der Waals surface area contributed by atoms with Crippen LogP contribution in [-0.2, 0) is 11.3 Å². The molecule has 1 N–H and O–H groups in total. The molecule has 1 atom stereocenters. The van der Waals surface area contributed by atoms with Crippen molar-refractivity contribution in [2.75, 3.05) is 26.8 Å². The van der Waals surface area contributed by atoms with E-state index in [0.29, 0.717) is 0 Å². The van der Waals surface area contributed by atoms with Gasteiger partial charge in [-0.3, -0.25) is 4.90 Å². The molecule has 0 amide bonds. The number of ether oxygens (including phenoxy) is 2. The summed E-state index contributed by atoms with van der Waals surface area (Å²) >= 11 is 0. The van der Waals surface area contributed by atoms with Crippen LogP contribution in [0.4, 0.5) is 0 Å².